The van der Waals surface area contributed by atoms with E-state index < -0.39 is 82.2 Å². The molecule has 0 bridgehead atoms. The Labute approximate surface area is 493 Å². The third-order valence-electron chi connectivity index (χ3n) is 15.4. The predicted molar refractivity (Wildman–Crippen MR) is 320 cm³/mol. The Morgan fingerprint density at radius 2 is 0.917 bits per heavy atom. The molecule has 0 aliphatic rings. The van der Waals surface area contributed by atoms with Gasteiger partial charge in [-0.25, -0.2) is 14.4 Å². The summed E-state index contributed by atoms with van der Waals surface area (Å²) in [7, 11) is 0. The van der Waals surface area contributed by atoms with E-state index in [1.54, 1.807) is 0 Å². The van der Waals surface area contributed by atoms with Crippen LogP contribution in [0.15, 0.2) is 66.4 Å². The van der Waals surface area contributed by atoms with Gasteiger partial charge in [0.25, 0.3) is 11.1 Å². The molecule has 0 fully saturated rings. The third-order valence-corrected chi connectivity index (χ3v) is 15.4. The first-order valence-corrected chi connectivity index (χ1v) is 29.9. The summed E-state index contributed by atoms with van der Waals surface area (Å²) < 4.78 is 24.6. The Morgan fingerprint density at radius 3 is 1.30 bits per heavy atom. The standard InChI is InChI=1S/C64H86N8O12/c1-11-19-23-43(15-5)37-82-62(78)46-27-29-49(55(73)40-81-48(18-8)26-22-14-4)53(33-46)67-69-56-41(9)51(35-65)58(74)71(60(56)76)31-32-72-59(75)52(36-66)42(10)57(61(72)77)70-68-54-34-47(63(79)83-38-44(16-6)24-20-12-2)28-30-50(54)64(80)84-39-45(17-7)25-21-13-3/h27-30,33-34,43-45,48,74-75H,11-26,31-32,37-40H2,1-10H3. The second kappa shape index (κ2) is 35.3. The molecule has 0 radical (unpaired) electrons. The molecule has 2 heterocycles. The maximum atomic E-state index is 14.5. The van der Waals surface area contributed by atoms with Crippen molar-refractivity contribution in [3.63, 3.8) is 0 Å². The van der Waals surface area contributed by atoms with Crippen molar-refractivity contribution < 1.29 is 48.3 Å². The SMILES string of the molecule is CCCCC(CC)COC(=O)c1ccc(C(=O)COC(CC)CCCC)c(N=Nc2c(C)c(C#N)c(O)n(CCn3c(O)c(C#N)c(C)c(N=Nc4cc(C(=O)OCC(CC)CCCC)ccc4C(=O)OCC(CC)CCCC)c3=O)c2=O)c1. The summed E-state index contributed by atoms with van der Waals surface area (Å²) in [6.45, 7) is 18.0. The largest absolute Gasteiger partial charge is 0.493 e. The number of ketones is 1. The predicted octanol–water partition coefficient (Wildman–Crippen LogP) is 14.6. The molecular weight excluding hydrogens is 1070 g/mol. The second-order valence-corrected chi connectivity index (χ2v) is 21.3. The molecule has 2 aromatic heterocycles. The van der Waals surface area contributed by atoms with Crippen LogP contribution in [-0.2, 0) is 32.0 Å². The number of esters is 3. The van der Waals surface area contributed by atoms with Gasteiger partial charge < -0.3 is 29.2 Å². The zero-order valence-corrected chi connectivity index (χ0v) is 50.9. The van der Waals surface area contributed by atoms with Gasteiger partial charge in [-0.3, -0.25) is 23.5 Å². The summed E-state index contributed by atoms with van der Waals surface area (Å²) in [5.41, 5.74) is -4.07. The molecule has 4 rings (SSSR count). The molecule has 0 amide bonds. The molecular formula is C64H86N8O12. The number of carbonyl (C=O) groups excluding carboxylic acids is 4. The van der Waals surface area contributed by atoms with Gasteiger partial charge >= 0.3 is 17.9 Å². The van der Waals surface area contributed by atoms with Gasteiger partial charge in [0.15, 0.2) is 17.2 Å². The molecule has 84 heavy (non-hydrogen) atoms. The topological polar surface area (TPSA) is 287 Å². The molecule has 2 aromatic carbocycles. The van der Waals surface area contributed by atoms with Crippen molar-refractivity contribution in [3.05, 3.63) is 102 Å². The number of unbranched alkanes of at least 4 members (excludes halogenated alkanes) is 4. The number of ether oxygens (including phenoxy) is 4. The first-order chi connectivity index (χ1) is 40.4. The quantitative estimate of drug-likeness (QED) is 0.0185. The van der Waals surface area contributed by atoms with Gasteiger partial charge in [-0.05, 0) is 100 Å². The zero-order chi connectivity index (χ0) is 61.9. The van der Waals surface area contributed by atoms with Crippen LogP contribution >= 0.6 is 0 Å². The van der Waals surface area contributed by atoms with E-state index in [-0.39, 0.29) is 95.0 Å². The number of azo groups is 2. The Kier molecular flexibility index (Phi) is 28.9. The summed E-state index contributed by atoms with van der Waals surface area (Å²) in [5.74, 6) is -3.81. The van der Waals surface area contributed by atoms with E-state index in [9.17, 15) is 49.5 Å². The maximum Gasteiger partial charge on any atom is 0.340 e. The lowest BCUT2D eigenvalue weighted by Gasteiger charge is -2.17. The minimum atomic E-state index is -1.01. The number of pyridine rings is 2. The number of aromatic hydroxyl groups is 2. The lowest BCUT2D eigenvalue weighted by Crippen LogP contribution is -2.28. The van der Waals surface area contributed by atoms with Crippen LogP contribution in [0.25, 0.3) is 0 Å². The summed E-state index contributed by atoms with van der Waals surface area (Å²) in [4.78, 5) is 83.5. The van der Waals surface area contributed by atoms with Crippen LogP contribution in [0.2, 0.25) is 0 Å². The minimum absolute atomic E-state index is 0.0234. The van der Waals surface area contributed by atoms with E-state index >= 15 is 0 Å². The lowest BCUT2D eigenvalue weighted by molar-refractivity contribution is 0.0390. The molecule has 454 valence electrons. The average Bonchev–Trinajstić information content (AvgIpc) is 1.79. The number of nitrogens with zero attached hydrogens (tertiary/aromatic N) is 8. The first-order valence-electron chi connectivity index (χ1n) is 29.9. The van der Waals surface area contributed by atoms with E-state index in [1.165, 1.54) is 50.2 Å². The highest BCUT2D eigenvalue weighted by Crippen LogP contribution is 2.33. The van der Waals surface area contributed by atoms with Gasteiger partial charge in [0.2, 0.25) is 11.8 Å². The average molecular weight is 1160 g/mol. The highest BCUT2D eigenvalue weighted by Gasteiger charge is 2.26. The van der Waals surface area contributed by atoms with Crippen LogP contribution in [-0.4, -0.2) is 75.6 Å². The van der Waals surface area contributed by atoms with E-state index in [4.69, 9.17) is 18.9 Å². The van der Waals surface area contributed by atoms with Crippen molar-refractivity contribution in [2.45, 2.75) is 191 Å². The summed E-state index contributed by atoms with van der Waals surface area (Å²) in [6, 6.07) is 12.0. The molecule has 2 N–H and O–H groups in total. The van der Waals surface area contributed by atoms with Gasteiger partial charge in [0.05, 0.1) is 48.3 Å². The van der Waals surface area contributed by atoms with Crippen molar-refractivity contribution >= 4 is 46.4 Å². The van der Waals surface area contributed by atoms with Crippen molar-refractivity contribution in [3.8, 4) is 23.9 Å². The third kappa shape index (κ3) is 18.8. The monoisotopic (exact) mass is 1160 g/mol. The van der Waals surface area contributed by atoms with Crippen LogP contribution < -0.4 is 11.1 Å². The van der Waals surface area contributed by atoms with Gasteiger partial charge in [-0.1, -0.05) is 126 Å². The van der Waals surface area contributed by atoms with Crippen LogP contribution in [0.5, 0.6) is 11.8 Å². The van der Waals surface area contributed by atoms with Crippen molar-refractivity contribution in [2.24, 2.45) is 38.2 Å². The number of hydrogen-bond acceptors (Lipinski definition) is 18. The van der Waals surface area contributed by atoms with Gasteiger partial charge in [-0.15, -0.1) is 20.5 Å². The highest BCUT2D eigenvalue weighted by atomic mass is 16.5. The molecule has 4 unspecified atom stereocenters. The van der Waals surface area contributed by atoms with Crippen LogP contribution in [0.3, 0.4) is 0 Å². The number of carbonyl (C=O) groups is 4. The lowest BCUT2D eigenvalue weighted by atomic mass is 10.0. The van der Waals surface area contributed by atoms with Gasteiger partial charge in [0, 0.05) is 29.8 Å². The molecule has 0 spiro atoms. The molecule has 0 aliphatic carbocycles. The van der Waals surface area contributed by atoms with Crippen LogP contribution in [0, 0.1) is 54.3 Å². The molecule has 0 aliphatic heterocycles. The second-order valence-electron chi connectivity index (χ2n) is 21.3. The van der Waals surface area contributed by atoms with Crippen LogP contribution in [0.1, 0.15) is 222 Å². The molecule has 0 saturated carbocycles. The van der Waals surface area contributed by atoms with E-state index in [0.29, 0.717) is 6.42 Å². The summed E-state index contributed by atoms with van der Waals surface area (Å²) >= 11 is 0. The van der Waals surface area contributed by atoms with Crippen LogP contribution in [0.4, 0.5) is 22.7 Å². The Bertz CT molecular complexity index is 2960. The fraction of sp³-hybridized carbons (Fsp3) is 0.562. The number of nitriles is 2. The highest BCUT2D eigenvalue weighted by molar-refractivity contribution is 6.03. The van der Waals surface area contributed by atoms with Gasteiger partial charge in [-0.2, -0.15) is 10.5 Å². The Morgan fingerprint density at radius 1 is 0.536 bits per heavy atom. The molecule has 4 atom stereocenters. The van der Waals surface area contributed by atoms with E-state index in [1.807, 2.05) is 39.8 Å². The number of aromatic nitrogens is 2. The fourth-order valence-corrected chi connectivity index (χ4v) is 9.46. The molecule has 4 aromatic rings. The molecule has 0 saturated heterocycles. The normalized spacial score (nSPS) is 12.9. The molecule has 20 nitrogen and oxygen atoms in total. The zero-order valence-electron chi connectivity index (χ0n) is 50.9. The van der Waals surface area contributed by atoms with Crippen molar-refractivity contribution in [1.29, 1.82) is 10.5 Å². The number of Topliss-reactive ketones (excluding diaryl/α,β-unsaturated/α-hetero) is 1. The van der Waals surface area contributed by atoms with E-state index in [0.717, 1.165) is 105 Å². The summed E-state index contributed by atoms with van der Waals surface area (Å²) in [5, 5.41) is 60.6. The Hall–Kier alpha value is -7.84. The van der Waals surface area contributed by atoms with Crippen molar-refractivity contribution in [2.75, 3.05) is 26.4 Å². The van der Waals surface area contributed by atoms with Crippen molar-refractivity contribution in [1.82, 2.24) is 9.13 Å². The summed E-state index contributed by atoms with van der Waals surface area (Å²) in [6.07, 6.45) is 13.9. The van der Waals surface area contributed by atoms with Gasteiger partial charge in [0.1, 0.15) is 35.6 Å². The number of hydrogen-bond donors (Lipinski definition) is 2. The minimum Gasteiger partial charge on any atom is -0.493 e. The number of benzene rings is 2. The van der Waals surface area contributed by atoms with E-state index in [2.05, 4.69) is 48.2 Å². The Balaban J connectivity index is 1.81. The first kappa shape index (κ1) is 68.7. The molecule has 20 heteroatoms. The maximum absolute atomic E-state index is 14.5. The smallest absolute Gasteiger partial charge is 0.340 e. The fourth-order valence-electron chi connectivity index (χ4n) is 9.46. The number of rotatable bonds is 36.